The number of rotatable bonds is 2. The third kappa shape index (κ3) is 1.48. The average Bonchev–Trinajstić information content (AvgIpc) is 2.65. The highest BCUT2D eigenvalue weighted by Crippen LogP contribution is 2.18. The molecule has 0 spiro atoms. The first kappa shape index (κ1) is 7.73. The molecule has 0 aliphatic carbocycles. The predicted molar refractivity (Wildman–Crippen MR) is 43.1 cm³/mol. The van der Waals surface area contributed by atoms with E-state index >= 15 is 0 Å². The van der Waals surface area contributed by atoms with Crippen molar-refractivity contribution in [2.24, 2.45) is 0 Å². The fraction of sp³-hybridized carbons (Fsp3) is 0.625. The Hall–Kier alpha value is -0.900. The van der Waals surface area contributed by atoms with Crippen LogP contribution < -0.4 is 0 Å². The summed E-state index contributed by atoms with van der Waals surface area (Å²) in [5, 5.41) is 0.931. The van der Waals surface area contributed by atoms with Crippen molar-refractivity contribution in [1.82, 2.24) is 14.7 Å². The standard InChI is InChI=1S/C8H12FN3/c9-12-4-1-2-8(12)6-11-5-3-10-7-11/h3,5,7-8H,1-2,4,6H2. The van der Waals surface area contributed by atoms with Gasteiger partial charge in [-0.15, -0.1) is 9.60 Å². The van der Waals surface area contributed by atoms with Crippen molar-refractivity contribution in [2.75, 3.05) is 6.54 Å². The van der Waals surface area contributed by atoms with Crippen LogP contribution in [0.5, 0.6) is 0 Å². The summed E-state index contributed by atoms with van der Waals surface area (Å²) >= 11 is 0. The average molecular weight is 169 g/mol. The fourth-order valence-corrected chi connectivity index (χ4v) is 1.62. The zero-order valence-corrected chi connectivity index (χ0v) is 6.86. The van der Waals surface area contributed by atoms with Gasteiger partial charge in [-0.3, -0.25) is 0 Å². The predicted octanol–water partition coefficient (Wildman–Crippen LogP) is 1.23. The van der Waals surface area contributed by atoms with Gasteiger partial charge in [-0.2, -0.15) is 0 Å². The van der Waals surface area contributed by atoms with E-state index in [-0.39, 0.29) is 6.04 Å². The first-order chi connectivity index (χ1) is 5.86. The molecule has 0 aromatic carbocycles. The Morgan fingerprint density at radius 3 is 3.08 bits per heavy atom. The molecule has 1 saturated heterocycles. The van der Waals surface area contributed by atoms with E-state index < -0.39 is 0 Å². The van der Waals surface area contributed by atoms with Gasteiger partial charge >= 0.3 is 0 Å². The highest BCUT2D eigenvalue weighted by Gasteiger charge is 2.24. The van der Waals surface area contributed by atoms with Crippen LogP contribution in [-0.2, 0) is 6.54 Å². The van der Waals surface area contributed by atoms with Gasteiger partial charge in [-0.25, -0.2) is 4.98 Å². The zero-order valence-electron chi connectivity index (χ0n) is 6.86. The van der Waals surface area contributed by atoms with E-state index in [4.69, 9.17) is 0 Å². The molecule has 0 amide bonds. The van der Waals surface area contributed by atoms with Crippen LogP contribution in [0.1, 0.15) is 12.8 Å². The molecular formula is C8H12FN3. The summed E-state index contributed by atoms with van der Waals surface area (Å²) in [5.74, 6) is 0. The van der Waals surface area contributed by atoms with E-state index in [0.717, 1.165) is 24.5 Å². The molecular weight excluding hydrogens is 157 g/mol. The topological polar surface area (TPSA) is 21.1 Å². The van der Waals surface area contributed by atoms with Gasteiger partial charge in [0.1, 0.15) is 0 Å². The van der Waals surface area contributed by atoms with Crippen molar-refractivity contribution in [3.63, 3.8) is 0 Å². The Balaban J connectivity index is 1.95. The summed E-state index contributed by atoms with van der Waals surface area (Å²) in [5.41, 5.74) is 0. The van der Waals surface area contributed by atoms with Crippen LogP contribution in [0, 0.1) is 0 Å². The fourth-order valence-electron chi connectivity index (χ4n) is 1.62. The first-order valence-corrected chi connectivity index (χ1v) is 4.24. The molecule has 1 unspecified atom stereocenters. The maximum absolute atomic E-state index is 13.0. The number of halogens is 1. The number of hydrogen-bond donors (Lipinski definition) is 0. The van der Waals surface area contributed by atoms with Gasteiger partial charge in [-0.1, -0.05) is 0 Å². The SMILES string of the molecule is FN1CCCC1Cn1ccnc1. The van der Waals surface area contributed by atoms with Crippen LogP contribution >= 0.6 is 0 Å². The molecule has 12 heavy (non-hydrogen) atoms. The van der Waals surface area contributed by atoms with Crippen molar-refractivity contribution in [3.8, 4) is 0 Å². The second-order valence-electron chi connectivity index (χ2n) is 3.18. The van der Waals surface area contributed by atoms with E-state index in [1.807, 2.05) is 10.8 Å². The van der Waals surface area contributed by atoms with Crippen LogP contribution in [0.15, 0.2) is 18.7 Å². The maximum Gasteiger partial charge on any atom is 0.0946 e. The molecule has 4 heteroatoms. The van der Waals surface area contributed by atoms with Crippen molar-refractivity contribution in [2.45, 2.75) is 25.4 Å². The van der Waals surface area contributed by atoms with E-state index in [1.165, 1.54) is 0 Å². The molecule has 3 nitrogen and oxygen atoms in total. The summed E-state index contributed by atoms with van der Waals surface area (Å²) in [4.78, 5) is 3.91. The second-order valence-corrected chi connectivity index (χ2v) is 3.18. The zero-order chi connectivity index (χ0) is 8.39. The minimum absolute atomic E-state index is 0.0548. The van der Waals surface area contributed by atoms with E-state index in [2.05, 4.69) is 4.98 Å². The molecule has 2 heterocycles. The van der Waals surface area contributed by atoms with Crippen LogP contribution in [-0.4, -0.2) is 27.3 Å². The molecule has 0 bridgehead atoms. The molecule has 1 atom stereocenters. The van der Waals surface area contributed by atoms with Gasteiger partial charge < -0.3 is 4.57 Å². The summed E-state index contributed by atoms with van der Waals surface area (Å²) in [6.07, 6.45) is 7.24. The Morgan fingerprint density at radius 1 is 1.58 bits per heavy atom. The van der Waals surface area contributed by atoms with Gasteiger partial charge in [0.25, 0.3) is 0 Å². The highest BCUT2D eigenvalue weighted by molar-refractivity contribution is 4.80. The molecule has 1 aliphatic heterocycles. The highest BCUT2D eigenvalue weighted by atomic mass is 19.2. The van der Waals surface area contributed by atoms with Gasteiger partial charge in [-0.05, 0) is 12.8 Å². The molecule has 0 saturated carbocycles. The lowest BCUT2D eigenvalue weighted by molar-refractivity contribution is 0.00464. The normalized spacial score (nSPS) is 24.9. The van der Waals surface area contributed by atoms with E-state index in [9.17, 15) is 4.48 Å². The van der Waals surface area contributed by atoms with Crippen molar-refractivity contribution >= 4 is 0 Å². The third-order valence-electron chi connectivity index (χ3n) is 2.29. The lowest BCUT2D eigenvalue weighted by Crippen LogP contribution is -2.25. The molecule has 0 N–H and O–H groups in total. The molecule has 0 radical (unpaired) electrons. The Bertz CT molecular complexity index is 234. The first-order valence-electron chi connectivity index (χ1n) is 4.24. The lowest BCUT2D eigenvalue weighted by Gasteiger charge is -2.14. The largest absolute Gasteiger partial charge is 0.336 e. The van der Waals surface area contributed by atoms with Crippen LogP contribution in [0.3, 0.4) is 0 Å². The minimum atomic E-state index is 0.0548. The molecule has 1 aromatic heterocycles. The van der Waals surface area contributed by atoms with Crippen LogP contribution in [0.25, 0.3) is 0 Å². The Kier molecular flexibility index (Phi) is 2.08. The second kappa shape index (κ2) is 3.23. The molecule has 2 rings (SSSR count). The van der Waals surface area contributed by atoms with Crippen molar-refractivity contribution in [3.05, 3.63) is 18.7 Å². The Morgan fingerprint density at radius 2 is 2.50 bits per heavy atom. The molecule has 1 fully saturated rings. The summed E-state index contributed by atoms with van der Waals surface area (Å²) in [7, 11) is 0. The maximum atomic E-state index is 13.0. The molecule has 1 aliphatic rings. The number of nitrogens with zero attached hydrogens (tertiary/aromatic N) is 3. The summed E-state index contributed by atoms with van der Waals surface area (Å²) < 4.78 is 14.9. The van der Waals surface area contributed by atoms with Gasteiger partial charge in [0.2, 0.25) is 0 Å². The quantitative estimate of drug-likeness (QED) is 0.621. The van der Waals surface area contributed by atoms with E-state index in [1.54, 1.807) is 12.5 Å². The number of hydrogen-bond acceptors (Lipinski definition) is 2. The summed E-state index contributed by atoms with van der Waals surface area (Å²) in [6, 6.07) is 0.0548. The van der Waals surface area contributed by atoms with Crippen molar-refractivity contribution in [1.29, 1.82) is 0 Å². The molecule has 66 valence electrons. The van der Waals surface area contributed by atoms with E-state index in [0.29, 0.717) is 6.54 Å². The minimum Gasteiger partial charge on any atom is -0.336 e. The molecule has 1 aromatic rings. The monoisotopic (exact) mass is 169 g/mol. The van der Waals surface area contributed by atoms with Crippen LogP contribution in [0.4, 0.5) is 4.48 Å². The van der Waals surface area contributed by atoms with Gasteiger partial charge in [0.15, 0.2) is 0 Å². The number of aromatic nitrogens is 2. The lowest BCUT2D eigenvalue weighted by atomic mass is 10.2. The van der Waals surface area contributed by atoms with Gasteiger partial charge in [0, 0.05) is 25.5 Å². The smallest absolute Gasteiger partial charge is 0.0946 e. The number of imidazole rings is 1. The third-order valence-corrected chi connectivity index (χ3v) is 2.29. The van der Waals surface area contributed by atoms with Crippen LogP contribution in [0.2, 0.25) is 0 Å². The Labute approximate surface area is 70.7 Å². The summed E-state index contributed by atoms with van der Waals surface area (Å²) in [6.45, 7) is 1.30. The van der Waals surface area contributed by atoms with Crippen molar-refractivity contribution < 1.29 is 4.48 Å². The van der Waals surface area contributed by atoms with Gasteiger partial charge in [0.05, 0.1) is 12.4 Å².